The molecule has 4 heteroatoms. The third-order valence-electron chi connectivity index (χ3n) is 1.83. The van der Waals surface area contributed by atoms with Gasteiger partial charge in [0.1, 0.15) is 5.82 Å². The van der Waals surface area contributed by atoms with E-state index in [2.05, 4.69) is 0 Å². The maximum atomic E-state index is 12.5. The molecule has 0 radical (unpaired) electrons. The molecule has 0 amide bonds. The minimum absolute atomic E-state index is 0.307. The summed E-state index contributed by atoms with van der Waals surface area (Å²) in [5.74, 6) is -0.367. The molecule has 3 nitrogen and oxygen atoms in total. The summed E-state index contributed by atoms with van der Waals surface area (Å²) >= 11 is 0. The first kappa shape index (κ1) is 10.1. The normalized spacial score (nSPS) is 15.4. The molecule has 1 aromatic rings. The molecule has 4 N–H and O–H groups in total. The van der Waals surface area contributed by atoms with Crippen LogP contribution in [-0.4, -0.2) is 22.9 Å². The SMILES string of the molecule is N[C@@H](CO)[C@@H](O)c1ccc(F)cc1. The van der Waals surface area contributed by atoms with Crippen LogP contribution in [0.5, 0.6) is 0 Å². The molecular weight excluding hydrogens is 173 g/mol. The molecule has 0 bridgehead atoms. The van der Waals surface area contributed by atoms with Gasteiger partial charge in [0.15, 0.2) is 0 Å². The van der Waals surface area contributed by atoms with Crippen LogP contribution in [0, 0.1) is 5.82 Å². The Morgan fingerprint density at radius 1 is 1.31 bits per heavy atom. The topological polar surface area (TPSA) is 66.5 Å². The van der Waals surface area contributed by atoms with E-state index in [-0.39, 0.29) is 12.4 Å². The summed E-state index contributed by atoms with van der Waals surface area (Å²) in [6.45, 7) is -0.307. The highest BCUT2D eigenvalue weighted by atomic mass is 19.1. The molecule has 0 spiro atoms. The Morgan fingerprint density at radius 3 is 2.31 bits per heavy atom. The molecule has 0 saturated heterocycles. The molecule has 0 aliphatic carbocycles. The van der Waals surface area contributed by atoms with Crippen molar-refractivity contribution in [3.05, 3.63) is 35.6 Å². The molecule has 0 heterocycles. The lowest BCUT2D eigenvalue weighted by molar-refractivity contribution is 0.109. The zero-order valence-electron chi connectivity index (χ0n) is 7.02. The van der Waals surface area contributed by atoms with Crippen molar-refractivity contribution in [1.82, 2.24) is 0 Å². The van der Waals surface area contributed by atoms with Crippen molar-refractivity contribution in [2.45, 2.75) is 12.1 Å². The standard InChI is InChI=1S/C9H12FNO2/c10-7-3-1-6(2-4-7)9(13)8(11)5-12/h1-4,8-9,12-13H,5,11H2/t8-,9-/m0/s1. The Morgan fingerprint density at radius 2 is 1.85 bits per heavy atom. The predicted molar refractivity (Wildman–Crippen MR) is 46.4 cm³/mol. The van der Waals surface area contributed by atoms with Crippen LogP contribution in [0.4, 0.5) is 4.39 Å². The van der Waals surface area contributed by atoms with Crippen LogP contribution >= 0.6 is 0 Å². The molecule has 1 rings (SSSR count). The molecule has 2 atom stereocenters. The smallest absolute Gasteiger partial charge is 0.123 e. The minimum atomic E-state index is -0.953. The summed E-state index contributed by atoms with van der Waals surface area (Å²) < 4.78 is 12.5. The number of rotatable bonds is 3. The monoisotopic (exact) mass is 185 g/mol. The van der Waals surface area contributed by atoms with E-state index in [0.29, 0.717) is 5.56 Å². The maximum absolute atomic E-state index is 12.5. The van der Waals surface area contributed by atoms with Gasteiger partial charge >= 0.3 is 0 Å². The molecule has 0 aromatic heterocycles. The second-order valence-electron chi connectivity index (χ2n) is 2.84. The minimum Gasteiger partial charge on any atom is -0.395 e. The zero-order chi connectivity index (χ0) is 9.84. The van der Waals surface area contributed by atoms with Gasteiger partial charge in [0.2, 0.25) is 0 Å². The van der Waals surface area contributed by atoms with E-state index < -0.39 is 12.1 Å². The summed E-state index contributed by atoms with van der Waals surface area (Å²) in [5.41, 5.74) is 5.90. The number of nitrogens with two attached hydrogens (primary N) is 1. The Balaban J connectivity index is 2.77. The Bertz CT molecular complexity index is 263. The van der Waals surface area contributed by atoms with Gasteiger partial charge in [0.25, 0.3) is 0 Å². The van der Waals surface area contributed by atoms with Gasteiger partial charge in [-0.3, -0.25) is 0 Å². The van der Waals surface area contributed by atoms with Crippen molar-refractivity contribution in [2.75, 3.05) is 6.61 Å². The molecule has 0 saturated carbocycles. The van der Waals surface area contributed by atoms with Gasteiger partial charge in [-0.2, -0.15) is 0 Å². The third kappa shape index (κ3) is 2.48. The van der Waals surface area contributed by atoms with E-state index in [0.717, 1.165) is 0 Å². The number of aliphatic hydroxyl groups is 2. The second kappa shape index (κ2) is 4.32. The average molecular weight is 185 g/mol. The highest BCUT2D eigenvalue weighted by molar-refractivity contribution is 5.19. The van der Waals surface area contributed by atoms with Crippen molar-refractivity contribution < 1.29 is 14.6 Å². The summed E-state index contributed by atoms with van der Waals surface area (Å²) in [6, 6.07) is 4.63. The number of hydrogen-bond donors (Lipinski definition) is 3. The third-order valence-corrected chi connectivity index (χ3v) is 1.83. The Hall–Kier alpha value is -0.970. The molecule has 0 fully saturated rings. The van der Waals surface area contributed by atoms with Crippen LogP contribution in [-0.2, 0) is 0 Å². The van der Waals surface area contributed by atoms with Crippen LogP contribution in [0.1, 0.15) is 11.7 Å². The molecular formula is C9H12FNO2. The lowest BCUT2D eigenvalue weighted by Crippen LogP contribution is -2.31. The van der Waals surface area contributed by atoms with Crippen molar-refractivity contribution >= 4 is 0 Å². The number of aliphatic hydroxyl groups excluding tert-OH is 2. The van der Waals surface area contributed by atoms with E-state index in [1.54, 1.807) is 0 Å². The summed E-state index contributed by atoms with van der Waals surface area (Å²) in [7, 11) is 0. The van der Waals surface area contributed by atoms with Gasteiger partial charge in [0, 0.05) is 0 Å². The lowest BCUT2D eigenvalue weighted by atomic mass is 10.0. The number of halogens is 1. The quantitative estimate of drug-likeness (QED) is 0.629. The number of benzene rings is 1. The Kier molecular flexibility index (Phi) is 3.36. The van der Waals surface area contributed by atoms with Gasteiger partial charge in [-0.1, -0.05) is 12.1 Å². The van der Waals surface area contributed by atoms with E-state index in [4.69, 9.17) is 10.8 Å². The molecule has 13 heavy (non-hydrogen) atoms. The second-order valence-corrected chi connectivity index (χ2v) is 2.84. The zero-order valence-corrected chi connectivity index (χ0v) is 7.02. The van der Waals surface area contributed by atoms with Crippen LogP contribution < -0.4 is 5.73 Å². The summed E-state index contributed by atoms with van der Waals surface area (Å²) in [4.78, 5) is 0. The van der Waals surface area contributed by atoms with E-state index in [1.165, 1.54) is 24.3 Å². The van der Waals surface area contributed by atoms with Crippen molar-refractivity contribution in [3.63, 3.8) is 0 Å². The van der Waals surface area contributed by atoms with E-state index in [9.17, 15) is 9.50 Å². The first-order valence-electron chi connectivity index (χ1n) is 3.95. The first-order valence-corrected chi connectivity index (χ1v) is 3.95. The largest absolute Gasteiger partial charge is 0.395 e. The fourth-order valence-corrected chi connectivity index (χ4v) is 1.01. The van der Waals surface area contributed by atoms with Crippen LogP contribution in [0.15, 0.2) is 24.3 Å². The van der Waals surface area contributed by atoms with Gasteiger partial charge < -0.3 is 15.9 Å². The molecule has 0 aliphatic heterocycles. The molecule has 72 valence electrons. The summed E-state index contributed by atoms with van der Waals surface area (Å²) in [5, 5.41) is 18.1. The van der Waals surface area contributed by atoms with Gasteiger partial charge in [0.05, 0.1) is 18.8 Å². The van der Waals surface area contributed by atoms with Crippen LogP contribution in [0.25, 0.3) is 0 Å². The first-order chi connectivity index (χ1) is 6.15. The molecule has 1 aromatic carbocycles. The predicted octanol–water partition coefficient (Wildman–Crippen LogP) is 0.179. The van der Waals surface area contributed by atoms with E-state index >= 15 is 0 Å². The van der Waals surface area contributed by atoms with Crippen molar-refractivity contribution in [2.24, 2.45) is 5.73 Å². The van der Waals surface area contributed by atoms with Crippen molar-refractivity contribution in [3.8, 4) is 0 Å². The molecule has 0 unspecified atom stereocenters. The van der Waals surface area contributed by atoms with Gasteiger partial charge in [-0.25, -0.2) is 4.39 Å². The summed E-state index contributed by atoms with van der Waals surface area (Å²) in [6.07, 6.45) is -0.953. The van der Waals surface area contributed by atoms with Gasteiger partial charge in [-0.05, 0) is 17.7 Å². The Labute approximate surface area is 75.6 Å². The van der Waals surface area contributed by atoms with Gasteiger partial charge in [-0.15, -0.1) is 0 Å². The highest BCUT2D eigenvalue weighted by Gasteiger charge is 2.15. The fourth-order valence-electron chi connectivity index (χ4n) is 1.01. The van der Waals surface area contributed by atoms with Crippen molar-refractivity contribution in [1.29, 1.82) is 0 Å². The van der Waals surface area contributed by atoms with Crippen LogP contribution in [0.2, 0.25) is 0 Å². The molecule has 0 aliphatic rings. The van der Waals surface area contributed by atoms with E-state index in [1.807, 2.05) is 0 Å². The lowest BCUT2D eigenvalue weighted by Gasteiger charge is -2.16. The average Bonchev–Trinajstić information content (AvgIpc) is 2.17. The van der Waals surface area contributed by atoms with Crippen LogP contribution in [0.3, 0.4) is 0 Å². The number of hydrogen-bond acceptors (Lipinski definition) is 3. The maximum Gasteiger partial charge on any atom is 0.123 e. The fraction of sp³-hybridized carbons (Fsp3) is 0.333. The highest BCUT2D eigenvalue weighted by Crippen LogP contribution is 2.15.